The van der Waals surface area contributed by atoms with Gasteiger partial charge in [-0.2, -0.15) is 0 Å². The molecule has 0 atom stereocenters. The van der Waals surface area contributed by atoms with E-state index in [4.69, 9.17) is 4.74 Å². The molecule has 0 aliphatic heterocycles. The summed E-state index contributed by atoms with van der Waals surface area (Å²) in [6.45, 7) is 1.66. The second-order valence-electron chi connectivity index (χ2n) is 2.65. The number of hydrogen-bond acceptors (Lipinski definition) is 3. The van der Waals surface area contributed by atoms with E-state index in [0.717, 1.165) is 11.3 Å². The number of hydrogen-bond donors (Lipinski definition) is 0. The highest BCUT2D eigenvalue weighted by molar-refractivity contribution is 5.53. The fourth-order valence-electron chi connectivity index (χ4n) is 0.968. The minimum atomic E-state index is 0.463. The lowest BCUT2D eigenvalue weighted by atomic mass is 10.2. The molecule has 1 rings (SSSR count). The normalized spacial score (nSPS) is 11.1. The molecule has 3 heteroatoms. The molecule has 0 bridgehead atoms. The molecule has 0 radical (unpaired) electrons. The number of ether oxygens (including phenoxy) is 1. The van der Waals surface area contributed by atoms with E-state index in [1.165, 1.54) is 0 Å². The third-order valence-electron chi connectivity index (χ3n) is 1.64. The zero-order valence-electron chi connectivity index (χ0n) is 7.65. The highest BCUT2D eigenvalue weighted by Crippen LogP contribution is 2.13. The first kappa shape index (κ1) is 9.45. The van der Waals surface area contributed by atoms with Crippen LogP contribution in [0.4, 0.5) is 0 Å². The Morgan fingerprint density at radius 2 is 2.00 bits per heavy atom. The van der Waals surface area contributed by atoms with Crippen molar-refractivity contribution in [3.63, 3.8) is 0 Å². The lowest BCUT2D eigenvalue weighted by Gasteiger charge is -1.98. The molecule has 0 heterocycles. The van der Waals surface area contributed by atoms with Gasteiger partial charge in [0.15, 0.2) is 0 Å². The van der Waals surface area contributed by atoms with Crippen LogP contribution in [-0.2, 0) is 0 Å². The fourth-order valence-corrected chi connectivity index (χ4v) is 0.968. The summed E-state index contributed by atoms with van der Waals surface area (Å²) in [4.78, 5) is 10.1. The van der Waals surface area contributed by atoms with Gasteiger partial charge in [0.1, 0.15) is 5.75 Å². The predicted molar refractivity (Wildman–Crippen MR) is 52.4 cm³/mol. The van der Waals surface area contributed by atoms with Crippen LogP contribution in [0.2, 0.25) is 0 Å². The van der Waals surface area contributed by atoms with Crippen LogP contribution in [0.25, 0.3) is 6.08 Å². The summed E-state index contributed by atoms with van der Waals surface area (Å²) >= 11 is 0. The Balaban J connectivity index is 2.86. The Kier molecular flexibility index (Phi) is 3.20. The number of nitrogens with zero attached hydrogens (tertiary/aromatic N) is 1. The van der Waals surface area contributed by atoms with Crippen LogP contribution in [-0.4, -0.2) is 7.11 Å². The minimum absolute atomic E-state index is 0.463. The lowest BCUT2D eigenvalue weighted by molar-refractivity contribution is 0.415. The van der Waals surface area contributed by atoms with Gasteiger partial charge in [0.05, 0.1) is 12.8 Å². The van der Waals surface area contributed by atoms with E-state index in [0.29, 0.717) is 5.70 Å². The number of methoxy groups -OCH3 is 1. The molecule has 1 aromatic carbocycles. The summed E-state index contributed by atoms with van der Waals surface area (Å²) in [5.74, 6) is 0.800. The van der Waals surface area contributed by atoms with Crippen LogP contribution < -0.4 is 4.74 Å². The summed E-state index contributed by atoms with van der Waals surface area (Å²) < 4.78 is 4.99. The van der Waals surface area contributed by atoms with E-state index >= 15 is 0 Å². The summed E-state index contributed by atoms with van der Waals surface area (Å²) in [5, 5.41) is 2.81. The second-order valence-corrected chi connectivity index (χ2v) is 2.65. The molecule has 0 unspecified atom stereocenters. The molecule has 68 valence electrons. The van der Waals surface area contributed by atoms with Gasteiger partial charge in [-0.15, -0.1) is 4.91 Å². The molecule has 0 fully saturated rings. The standard InChI is InChI=1S/C10H11NO2/c1-8(11-12)7-9-3-5-10(13-2)6-4-9/h3-7H,1-2H3. The van der Waals surface area contributed by atoms with Crippen LogP contribution in [0.15, 0.2) is 35.1 Å². The average molecular weight is 177 g/mol. The van der Waals surface area contributed by atoms with Gasteiger partial charge in [0.25, 0.3) is 0 Å². The lowest BCUT2D eigenvalue weighted by Crippen LogP contribution is -1.81. The monoisotopic (exact) mass is 177 g/mol. The first-order valence-corrected chi connectivity index (χ1v) is 3.92. The van der Waals surface area contributed by atoms with Gasteiger partial charge < -0.3 is 4.74 Å². The molecule has 1 aromatic rings. The SMILES string of the molecule is COc1ccc(C=C(C)N=O)cc1. The van der Waals surface area contributed by atoms with Crippen molar-refractivity contribution < 1.29 is 4.74 Å². The maximum Gasteiger partial charge on any atom is 0.118 e. The molecule has 0 N–H and O–H groups in total. The molecule has 0 aliphatic rings. The maximum atomic E-state index is 10.1. The van der Waals surface area contributed by atoms with E-state index in [9.17, 15) is 4.91 Å². The van der Waals surface area contributed by atoms with Crippen molar-refractivity contribution in [1.82, 2.24) is 0 Å². The Morgan fingerprint density at radius 3 is 2.46 bits per heavy atom. The van der Waals surface area contributed by atoms with Crippen molar-refractivity contribution in [3.05, 3.63) is 40.4 Å². The van der Waals surface area contributed by atoms with Gasteiger partial charge in [-0.3, -0.25) is 0 Å². The van der Waals surface area contributed by atoms with E-state index < -0.39 is 0 Å². The third-order valence-corrected chi connectivity index (χ3v) is 1.64. The van der Waals surface area contributed by atoms with Crippen molar-refractivity contribution in [2.75, 3.05) is 7.11 Å². The maximum absolute atomic E-state index is 10.1. The fraction of sp³-hybridized carbons (Fsp3) is 0.200. The van der Waals surface area contributed by atoms with Crippen molar-refractivity contribution >= 4 is 6.08 Å². The van der Waals surface area contributed by atoms with E-state index in [-0.39, 0.29) is 0 Å². The van der Waals surface area contributed by atoms with Crippen LogP contribution in [0.3, 0.4) is 0 Å². The molecular formula is C10H11NO2. The van der Waals surface area contributed by atoms with E-state index in [1.807, 2.05) is 24.3 Å². The zero-order valence-corrected chi connectivity index (χ0v) is 7.65. The first-order chi connectivity index (χ1) is 6.26. The van der Waals surface area contributed by atoms with Gasteiger partial charge in [-0.25, -0.2) is 0 Å². The summed E-state index contributed by atoms with van der Waals surface area (Å²) in [6, 6.07) is 7.41. The van der Waals surface area contributed by atoms with Crippen molar-refractivity contribution in [2.45, 2.75) is 6.92 Å². The highest BCUT2D eigenvalue weighted by Gasteiger charge is 1.92. The Hall–Kier alpha value is -1.64. The zero-order chi connectivity index (χ0) is 9.68. The van der Waals surface area contributed by atoms with Crippen LogP contribution in [0.1, 0.15) is 12.5 Å². The topological polar surface area (TPSA) is 38.7 Å². The van der Waals surface area contributed by atoms with Crippen LogP contribution in [0.5, 0.6) is 5.75 Å². The number of rotatable bonds is 3. The number of allylic oxidation sites excluding steroid dienone is 1. The summed E-state index contributed by atoms with van der Waals surface area (Å²) in [5.41, 5.74) is 1.41. The largest absolute Gasteiger partial charge is 0.497 e. The second kappa shape index (κ2) is 4.40. The molecule has 0 aliphatic carbocycles. The van der Waals surface area contributed by atoms with Gasteiger partial charge in [0.2, 0.25) is 0 Å². The van der Waals surface area contributed by atoms with Crippen LogP contribution in [0, 0.1) is 4.91 Å². The van der Waals surface area contributed by atoms with Gasteiger partial charge in [-0.1, -0.05) is 12.1 Å². The van der Waals surface area contributed by atoms with Gasteiger partial charge in [0, 0.05) is 0 Å². The van der Waals surface area contributed by atoms with Crippen molar-refractivity contribution in [1.29, 1.82) is 0 Å². The van der Waals surface area contributed by atoms with Crippen molar-refractivity contribution in [3.8, 4) is 5.75 Å². The smallest absolute Gasteiger partial charge is 0.118 e. The molecule has 0 amide bonds. The predicted octanol–water partition coefficient (Wildman–Crippen LogP) is 2.82. The summed E-state index contributed by atoms with van der Waals surface area (Å²) in [6.07, 6.45) is 1.71. The Morgan fingerprint density at radius 1 is 1.38 bits per heavy atom. The van der Waals surface area contributed by atoms with Gasteiger partial charge >= 0.3 is 0 Å². The average Bonchev–Trinajstić information content (AvgIpc) is 2.19. The molecule has 0 aromatic heterocycles. The molecule has 0 spiro atoms. The van der Waals surface area contributed by atoms with Crippen molar-refractivity contribution in [2.24, 2.45) is 5.18 Å². The molecular weight excluding hydrogens is 166 g/mol. The molecule has 0 saturated heterocycles. The highest BCUT2D eigenvalue weighted by atomic mass is 16.5. The quantitative estimate of drug-likeness (QED) is 0.666. The van der Waals surface area contributed by atoms with E-state index in [2.05, 4.69) is 5.18 Å². The summed E-state index contributed by atoms with van der Waals surface area (Å²) in [7, 11) is 1.61. The minimum Gasteiger partial charge on any atom is -0.497 e. The molecule has 0 saturated carbocycles. The Bertz CT molecular complexity index is 314. The number of benzene rings is 1. The van der Waals surface area contributed by atoms with E-state index in [1.54, 1.807) is 20.1 Å². The van der Waals surface area contributed by atoms with Crippen LogP contribution >= 0.6 is 0 Å². The molecule has 3 nitrogen and oxygen atoms in total. The third kappa shape index (κ3) is 2.71. The number of nitroso groups, excluding NO2 is 1. The van der Waals surface area contributed by atoms with Gasteiger partial charge in [-0.05, 0) is 35.9 Å². The first-order valence-electron chi connectivity index (χ1n) is 3.92. The Labute approximate surface area is 77.0 Å². The molecule has 13 heavy (non-hydrogen) atoms.